The van der Waals surface area contributed by atoms with E-state index in [0.29, 0.717) is 10.6 Å². The van der Waals surface area contributed by atoms with Gasteiger partial charge in [-0.15, -0.1) is 0 Å². The van der Waals surface area contributed by atoms with Crippen LogP contribution in [-0.4, -0.2) is 23.4 Å². The summed E-state index contributed by atoms with van der Waals surface area (Å²) >= 11 is 1.40. The van der Waals surface area contributed by atoms with Crippen LogP contribution in [0.5, 0.6) is 0 Å². The highest BCUT2D eigenvalue weighted by molar-refractivity contribution is 7.99. The molecular weight excluding hydrogens is 340 g/mol. The molecule has 1 atom stereocenters. The molecule has 7 heteroatoms. The molecule has 0 aliphatic heterocycles. The van der Waals surface area contributed by atoms with Gasteiger partial charge in [0.15, 0.2) is 0 Å². The smallest absolute Gasteiger partial charge is 0.331 e. The third-order valence-corrected chi connectivity index (χ3v) is 7.84. The SMILES string of the molecule is Cc1c(Sc2ccccc2)n(COC(C)[Si](C)(C)C)c(=O)[nH]c1=O. The molecule has 0 radical (unpaired) electrons. The molecular formula is C17H24N2O3SSi. The molecule has 130 valence electrons. The molecule has 0 spiro atoms. The summed E-state index contributed by atoms with van der Waals surface area (Å²) in [5, 5.41) is 0.623. The Morgan fingerprint density at radius 1 is 1.21 bits per heavy atom. The van der Waals surface area contributed by atoms with Crippen LogP contribution in [0.3, 0.4) is 0 Å². The van der Waals surface area contributed by atoms with E-state index in [1.54, 1.807) is 6.92 Å². The molecule has 0 amide bonds. The van der Waals surface area contributed by atoms with E-state index in [-0.39, 0.29) is 18.0 Å². The van der Waals surface area contributed by atoms with Crippen molar-refractivity contribution >= 4 is 19.8 Å². The fraction of sp³-hybridized carbons (Fsp3) is 0.412. The summed E-state index contributed by atoms with van der Waals surface area (Å²) < 4.78 is 7.44. The minimum atomic E-state index is -1.46. The standard InChI is InChI=1S/C17H24N2O3SSi/c1-12-15(20)18-17(21)19(11-22-13(2)24(3,4)5)16(12)23-14-9-7-6-8-10-14/h6-10,13H,11H2,1-5H3,(H,18,20,21). The Bertz CT molecular complexity index is 809. The number of H-pyrrole nitrogens is 1. The van der Waals surface area contributed by atoms with Gasteiger partial charge in [-0.3, -0.25) is 14.3 Å². The quantitative estimate of drug-likeness (QED) is 0.631. The Balaban J connectivity index is 2.38. The van der Waals surface area contributed by atoms with E-state index >= 15 is 0 Å². The summed E-state index contributed by atoms with van der Waals surface area (Å²) in [6.07, 6.45) is 0. The van der Waals surface area contributed by atoms with Crippen molar-refractivity contribution in [2.24, 2.45) is 0 Å². The van der Waals surface area contributed by atoms with Gasteiger partial charge in [-0.2, -0.15) is 0 Å². The van der Waals surface area contributed by atoms with Gasteiger partial charge in [-0.05, 0) is 26.0 Å². The van der Waals surface area contributed by atoms with Gasteiger partial charge in [0.2, 0.25) is 0 Å². The summed E-state index contributed by atoms with van der Waals surface area (Å²) in [7, 11) is -1.46. The molecule has 1 heterocycles. The van der Waals surface area contributed by atoms with E-state index in [2.05, 4.69) is 24.6 Å². The highest BCUT2D eigenvalue weighted by atomic mass is 32.2. The Kier molecular flexibility index (Phi) is 5.90. The molecule has 0 fully saturated rings. The minimum absolute atomic E-state index is 0.103. The zero-order valence-electron chi connectivity index (χ0n) is 14.8. The number of nitrogens with zero attached hydrogens (tertiary/aromatic N) is 1. The number of hydrogen-bond acceptors (Lipinski definition) is 4. The fourth-order valence-corrected chi connectivity index (χ4v) is 3.52. The molecule has 2 aromatic rings. The first-order valence-electron chi connectivity index (χ1n) is 7.88. The van der Waals surface area contributed by atoms with Crippen molar-refractivity contribution in [1.82, 2.24) is 9.55 Å². The van der Waals surface area contributed by atoms with Gasteiger partial charge in [-0.1, -0.05) is 49.6 Å². The third kappa shape index (κ3) is 4.49. The zero-order chi connectivity index (χ0) is 17.9. The fourth-order valence-electron chi connectivity index (χ4n) is 1.94. The summed E-state index contributed by atoms with van der Waals surface area (Å²) in [5.74, 6) is 0. The minimum Gasteiger partial charge on any atom is -0.361 e. The average Bonchev–Trinajstić information content (AvgIpc) is 2.51. The van der Waals surface area contributed by atoms with Crippen molar-refractivity contribution in [3.8, 4) is 0 Å². The summed E-state index contributed by atoms with van der Waals surface area (Å²) in [6.45, 7) is 10.6. The highest BCUT2D eigenvalue weighted by Gasteiger charge is 2.24. The summed E-state index contributed by atoms with van der Waals surface area (Å²) in [4.78, 5) is 27.6. The first-order valence-corrected chi connectivity index (χ1v) is 12.3. The van der Waals surface area contributed by atoms with Crippen molar-refractivity contribution in [3.63, 3.8) is 0 Å². The van der Waals surface area contributed by atoms with Gasteiger partial charge in [0, 0.05) is 16.2 Å². The highest BCUT2D eigenvalue weighted by Crippen LogP contribution is 2.28. The first kappa shape index (κ1) is 18.8. The van der Waals surface area contributed by atoms with E-state index < -0.39 is 13.8 Å². The lowest BCUT2D eigenvalue weighted by Gasteiger charge is -2.26. The molecule has 0 bridgehead atoms. The van der Waals surface area contributed by atoms with Gasteiger partial charge in [0.25, 0.3) is 5.56 Å². The second-order valence-electron chi connectivity index (χ2n) is 6.84. The number of aromatic amines is 1. The van der Waals surface area contributed by atoms with Crippen LogP contribution in [0.1, 0.15) is 12.5 Å². The third-order valence-electron chi connectivity index (χ3n) is 4.00. The van der Waals surface area contributed by atoms with Gasteiger partial charge in [0.05, 0.1) is 13.1 Å². The zero-order valence-corrected chi connectivity index (χ0v) is 16.6. The number of nitrogens with one attached hydrogen (secondary N) is 1. The molecule has 2 rings (SSSR count). The predicted molar refractivity (Wildman–Crippen MR) is 101 cm³/mol. The van der Waals surface area contributed by atoms with Crippen LogP contribution < -0.4 is 11.2 Å². The molecule has 24 heavy (non-hydrogen) atoms. The molecule has 5 nitrogen and oxygen atoms in total. The lowest BCUT2D eigenvalue weighted by atomic mass is 10.4. The second-order valence-corrected chi connectivity index (χ2v) is 13.4. The molecule has 1 N–H and O–H groups in total. The largest absolute Gasteiger partial charge is 0.361 e. The van der Waals surface area contributed by atoms with E-state index in [1.807, 2.05) is 37.3 Å². The van der Waals surface area contributed by atoms with Crippen LogP contribution in [0.25, 0.3) is 0 Å². The molecule has 1 aromatic carbocycles. The predicted octanol–water partition coefficient (Wildman–Crippen LogP) is 3.24. The maximum absolute atomic E-state index is 12.3. The van der Waals surface area contributed by atoms with Crippen molar-refractivity contribution < 1.29 is 4.74 Å². The number of ether oxygens (including phenoxy) is 1. The second kappa shape index (κ2) is 7.54. The molecule has 0 saturated heterocycles. The lowest BCUT2D eigenvalue weighted by Crippen LogP contribution is -2.40. The van der Waals surface area contributed by atoms with E-state index in [4.69, 9.17) is 4.74 Å². The maximum atomic E-state index is 12.3. The van der Waals surface area contributed by atoms with Gasteiger partial charge in [0.1, 0.15) is 6.73 Å². The molecule has 0 aliphatic rings. The van der Waals surface area contributed by atoms with Gasteiger partial charge >= 0.3 is 5.69 Å². The number of hydrogen-bond donors (Lipinski definition) is 1. The monoisotopic (exact) mass is 364 g/mol. The topological polar surface area (TPSA) is 64.1 Å². The van der Waals surface area contributed by atoms with Crippen LogP contribution in [0.2, 0.25) is 19.6 Å². The van der Waals surface area contributed by atoms with Crippen molar-refractivity contribution in [2.75, 3.05) is 0 Å². The van der Waals surface area contributed by atoms with Crippen molar-refractivity contribution in [2.45, 2.75) is 55.9 Å². The molecule has 0 saturated carbocycles. The molecule has 0 aliphatic carbocycles. The van der Waals surface area contributed by atoms with Crippen molar-refractivity contribution in [1.29, 1.82) is 0 Å². The van der Waals surface area contributed by atoms with Crippen molar-refractivity contribution in [3.05, 3.63) is 56.7 Å². The Labute approximate surface area is 147 Å². The van der Waals surface area contributed by atoms with Gasteiger partial charge < -0.3 is 4.74 Å². The lowest BCUT2D eigenvalue weighted by molar-refractivity contribution is 0.0481. The van der Waals surface area contributed by atoms with Crippen LogP contribution in [-0.2, 0) is 11.5 Å². The molecule has 1 aromatic heterocycles. The van der Waals surface area contributed by atoms with Gasteiger partial charge in [-0.25, -0.2) is 4.79 Å². The normalized spacial score (nSPS) is 13.0. The summed E-state index contributed by atoms with van der Waals surface area (Å²) in [6, 6.07) is 9.69. The van der Waals surface area contributed by atoms with Crippen LogP contribution in [0.15, 0.2) is 49.8 Å². The van der Waals surface area contributed by atoms with Crippen LogP contribution in [0.4, 0.5) is 0 Å². The Morgan fingerprint density at radius 2 is 1.83 bits per heavy atom. The maximum Gasteiger partial charge on any atom is 0.331 e. The van der Waals surface area contributed by atoms with E-state index in [0.717, 1.165) is 4.90 Å². The molecule has 1 unspecified atom stereocenters. The number of rotatable bonds is 6. The summed E-state index contributed by atoms with van der Waals surface area (Å²) in [5.41, 5.74) is -0.168. The number of benzene rings is 1. The van der Waals surface area contributed by atoms with E-state index in [9.17, 15) is 9.59 Å². The van der Waals surface area contributed by atoms with Crippen LogP contribution in [0, 0.1) is 6.92 Å². The van der Waals surface area contributed by atoms with E-state index in [1.165, 1.54) is 16.3 Å². The van der Waals surface area contributed by atoms with Crippen LogP contribution >= 0.6 is 11.8 Å². The number of aromatic nitrogens is 2. The Morgan fingerprint density at radius 3 is 2.42 bits per heavy atom. The Hall–Kier alpha value is -1.57. The first-order chi connectivity index (χ1) is 11.2. The average molecular weight is 365 g/mol.